The molecule has 98 valence electrons. The van der Waals surface area contributed by atoms with Gasteiger partial charge in [-0.15, -0.1) is 0 Å². The Morgan fingerprint density at radius 2 is 2.33 bits per heavy atom. The molecule has 1 fully saturated rings. The van der Waals surface area contributed by atoms with Crippen LogP contribution >= 0.6 is 15.9 Å². The molecule has 2 rings (SSSR count). The van der Waals surface area contributed by atoms with Gasteiger partial charge in [0, 0.05) is 29.3 Å². The summed E-state index contributed by atoms with van der Waals surface area (Å²) in [5, 5.41) is 12.2. The lowest BCUT2D eigenvalue weighted by Gasteiger charge is -2.17. The van der Waals surface area contributed by atoms with Crippen LogP contribution in [0.5, 0.6) is 5.75 Å². The highest BCUT2D eigenvalue weighted by Gasteiger charge is 2.24. The van der Waals surface area contributed by atoms with E-state index in [0.717, 1.165) is 4.47 Å². The number of methoxy groups -OCH3 is 1. The number of benzene rings is 1. The first-order chi connectivity index (χ1) is 8.58. The molecule has 6 heteroatoms. The number of hydrogen-bond acceptors (Lipinski definition) is 3. The predicted octanol–water partition coefficient (Wildman–Crippen LogP) is 2.06. The van der Waals surface area contributed by atoms with E-state index in [1.165, 1.54) is 0 Å². The van der Waals surface area contributed by atoms with Crippen LogP contribution in [0.25, 0.3) is 0 Å². The molecule has 0 aromatic heterocycles. The molecule has 0 aliphatic carbocycles. The number of β-amino-alcohol motifs (C(OH)–C–C–N with tert-alkyl or cyclic N) is 1. The number of halogens is 1. The van der Waals surface area contributed by atoms with E-state index in [0.29, 0.717) is 30.9 Å². The third-order valence-corrected chi connectivity index (χ3v) is 3.27. The van der Waals surface area contributed by atoms with Gasteiger partial charge < -0.3 is 20.1 Å². The van der Waals surface area contributed by atoms with Crippen LogP contribution < -0.4 is 10.1 Å². The first kappa shape index (κ1) is 13.2. The Morgan fingerprint density at radius 3 is 2.94 bits per heavy atom. The number of likely N-dealkylation sites (tertiary alicyclic amines) is 1. The SMILES string of the molecule is COc1cc(Br)cc(NC(=O)N2CC[C@@H](O)C2)c1. The third kappa shape index (κ3) is 3.14. The standard InChI is InChI=1S/C12H15BrN2O3/c1-18-11-5-8(13)4-9(6-11)14-12(17)15-3-2-10(16)7-15/h4-6,10,16H,2-3,7H2,1H3,(H,14,17)/t10-/m1/s1. The van der Waals surface area contributed by atoms with Gasteiger partial charge in [-0.25, -0.2) is 4.79 Å². The van der Waals surface area contributed by atoms with Gasteiger partial charge >= 0.3 is 6.03 Å². The van der Waals surface area contributed by atoms with Crippen molar-refractivity contribution in [1.82, 2.24) is 4.90 Å². The fourth-order valence-corrected chi connectivity index (χ4v) is 2.35. The number of nitrogens with one attached hydrogen (secondary N) is 1. The molecule has 1 aliphatic heterocycles. The monoisotopic (exact) mass is 314 g/mol. The number of nitrogens with zero attached hydrogens (tertiary/aromatic N) is 1. The second kappa shape index (κ2) is 5.58. The first-order valence-electron chi connectivity index (χ1n) is 5.67. The Hall–Kier alpha value is -1.27. The van der Waals surface area contributed by atoms with Gasteiger partial charge in [0.2, 0.25) is 0 Å². The van der Waals surface area contributed by atoms with Crippen molar-refractivity contribution in [3.05, 3.63) is 22.7 Å². The van der Waals surface area contributed by atoms with Gasteiger partial charge in [-0.05, 0) is 18.6 Å². The van der Waals surface area contributed by atoms with Gasteiger partial charge in [0.05, 0.1) is 13.2 Å². The van der Waals surface area contributed by atoms with Crippen LogP contribution in [-0.4, -0.2) is 42.3 Å². The molecule has 2 amide bonds. The molecule has 1 heterocycles. The van der Waals surface area contributed by atoms with Crippen LogP contribution in [0.2, 0.25) is 0 Å². The Kier molecular flexibility index (Phi) is 4.08. The normalized spacial score (nSPS) is 18.8. The summed E-state index contributed by atoms with van der Waals surface area (Å²) in [7, 11) is 1.57. The number of carbonyl (C=O) groups excluding carboxylic acids is 1. The van der Waals surface area contributed by atoms with Gasteiger partial charge in [-0.3, -0.25) is 0 Å². The quantitative estimate of drug-likeness (QED) is 0.878. The number of aliphatic hydroxyl groups is 1. The van der Waals surface area contributed by atoms with E-state index < -0.39 is 6.10 Å². The number of rotatable bonds is 2. The minimum atomic E-state index is -0.409. The minimum absolute atomic E-state index is 0.202. The largest absolute Gasteiger partial charge is 0.497 e. The Bertz CT molecular complexity index is 453. The summed E-state index contributed by atoms with van der Waals surface area (Å²) in [5.41, 5.74) is 0.660. The Labute approximate surface area is 114 Å². The number of anilines is 1. The third-order valence-electron chi connectivity index (χ3n) is 2.81. The molecule has 1 aromatic carbocycles. The van der Waals surface area contributed by atoms with E-state index in [4.69, 9.17) is 4.74 Å². The van der Waals surface area contributed by atoms with Gasteiger partial charge in [-0.2, -0.15) is 0 Å². The zero-order valence-corrected chi connectivity index (χ0v) is 11.6. The lowest BCUT2D eigenvalue weighted by molar-refractivity contribution is 0.176. The van der Waals surface area contributed by atoms with Crippen molar-refractivity contribution < 1.29 is 14.6 Å². The molecule has 0 unspecified atom stereocenters. The van der Waals surface area contributed by atoms with Crippen molar-refractivity contribution in [2.45, 2.75) is 12.5 Å². The van der Waals surface area contributed by atoms with Crippen molar-refractivity contribution in [2.75, 3.05) is 25.5 Å². The molecule has 0 saturated carbocycles. The average molecular weight is 315 g/mol. The number of carbonyl (C=O) groups is 1. The maximum atomic E-state index is 11.9. The molecule has 0 spiro atoms. The van der Waals surface area contributed by atoms with E-state index >= 15 is 0 Å². The Morgan fingerprint density at radius 1 is 1.56 bits per heavy atom. The maximum Gasteiger partial charge on any atom is 0.321 e. The number of amides is 2. The summed E-state index contributed by atoms with van der Waals surface area (Å²) in [4.78, 5) is 13.5. The fourth-order valence-electron chi connectivity index (χ4n) is 1.88. The summed E-state index contributed by atoms with van der Waals surface area (Å²) in [6.07, 6.45) is 0.225. The molecule has 0 radical (unpaired) electrons. The second-order valence-electron chi connectivity index (χ2n) is 4.20. The maximum absolute atomic E-state index is 11.9. The lowest BCUT2D eigenvalue weighted by Crippen LogP contribution is -2.33. The highest BCUT2D eigenvalue weighted by molar-refractivity contribution is 9.10. The zero-order chi connectivity index (χ0) is 13.1. The summed E-state index contributed by atoms with van der Waals surface area (Å²) in [6.45, 7) is 0.967. The summed E-state index contributed by atoms with van der Waals surface area (Å²) < 4.78 is 5.96. The van der Waals surface area contributed by atoms with Gasteiger partial charge in [0.25, 0.3) is 0 Å². The second-order valence-corrected chi connectivity index (χ2v) is 5.11. The molecule has 1 aliphatic rings. The van der Waals surface area contributed by atoms with Gasteiger partial charge in [0.15, 0.2) is 0 Å². The highest BCUT2D eigenvalue weighted by atomic mass is 79.9. The molecule has 1 atom stereocenters. The van der Waals surface area contributed by atoms with E-state index in [1.54, 1.807) is 24.1 Å². The van der Waals surface area contributed by atoms with Crippen LogP contribution in [0.4, 0.5) is 10.5 Å². The van der Waals surface area contributed by atoms with Crippen molar-refractivity contribution >= 4 is 27.6 Å². The smallest absolute Gasteiger partial charge is 0.321 e. The summed E-state index contributed by atoms with van der Waals surface area (Å²) >= 11 is 3.35. The molecule has 1 saturated heterocycles. The molecular weight excluding hydrogens is 300 g/mol. The number of urea groups is 1. The van der Waals surface area contributed by atoms with E-state index in [2.05, 4.69) is 21.2 Å². The highest BCUT2D eigenvalue weighted by Crippen LogP contribution is 2.25. The van der Waals surface area contributed by atoms with Crippen LogP contribution in [0.15, 0.2) is 22.7 Å². The molecule has 1 aromatic rings. The Balaban J connectivity index is 2.04. The van der Waals surface area contributed by atoms with E-state index in [-0.39, 0.29) is 6.03 Å². The lowest BCUT2D eigenvalue weighted by atomic mass is 10.3. The molecule has 0 bridgehead atoms. The van der Waals surface area contributed by atoms with E-state index in [9.17, 15) is 9.90 Å². The van der Waals surface area contributed by atoms with E-state index in [1.807, 2.05) is 6.07 Å². The average Bonchev–Trinajstić information content (AvgIpc) is 2.75. The summed E-state index contributed by atoms with van der Waals surface area (Å²) in [5.74, 6) is 0.668. The van der Waals surface area contributed by atoms with Crippen molar-refractivity contribution in [3.63, 3.8) is 0 Å². The molecule has 18 heavy (non-hydrogen) atoms. The van der Waals surface area contributed by atoms with Crippen molar-refractivity contribution in [3.8, 4) is 5.75 Å². The van der Waals surface area contributed by atoms with Crippen molar-refractivity contribution in [1.29, 1.82) is 0 Å². The zero-order valence-electron chi connectivity index (χ0n) is 10.0. The summed E-state index contributed by atoms with van der Waals surface area (Å²) in [6, 6.07) is 5.16. The number of ether oxygens (including phenoxy) is 1. The minimum Gasteiger partial charge on any atom is -0.497 e. The number of aliphatic hydroxyl groups excluding tert-OH is 1. The first-order valence-corrected chi connectivity index (χ1v) is 6.46. The fraction of sp³-hybridized carbons (Fsp3) is 0.417. The van der Waals surface area contributed by atoms with Crippen molar-refractivity contribution in [2.24, 2.45) is 0 Å². The van der Waals surface area contributed by atoms with Crippen LogP contribution in [0.1, 0.15) is 6.42 Å². The van der Waals surface area contributed by atoms with Crippen LogP contribution in [0, 0.1) is 0 Å². The topological polar surface area (TPSA) is 61.8 Å². The molecule has 2 N–H and O–H groups in total. The number of hydrogen-bond donors (Lipinski definition) is 2. The predicted molar refractivity (Wildman–Crippen MR) is 71.9 cm³/mol. The molecule has 5 nitrogen and oxygen atoms in total. The molecular formula is C12H15BrN2O3. The van der Waals surface area contributed by atoms with Crippen LogP contribution in [0.3, 0.4) is 0 Å². The van der Waals surface area contributed by atoms with Gasteiger partial charge in [-0.1, -0.05) is 15.9 Å². The van der Waals surface area contributed by atoms with Crippen LogP contribution in [-0.2, 0) is 0 Å². The van der Waals surface area contributed by atoms with Gasteiger partial charge in [0.1, 0.15) is 5.75 Å².